The molecule has 1 heterocycles. The molecule has 2 amide bonds. The summed E-state index contributed by atoms with van der Waals surface area (Å²) in [5.74, 6) is -0.481. The van der Waals surface area contributed by atoms with Gasteiger partial charge in [0.2, 0.25) is 17.6 Å². The summed E-state index contributed by atoms with van der Waals surface area (Å²) in [5.41, 5.74) is 0.770. The van der Waals surface area contributed by atoms with E-state index >= 15 is 0 Å². The number of amides is 2. The lowest BCUT2D eigenvalue weighted by Crippen LogP contribution is -2.59. The van der Waals surface area contributed by atoms with Gasteiger partial charge < -0.3 is 20.9 Å². The highest BCUT2D eigenvalue weighted by atomic mass is 16.2. The van der Waals surface area contributed by atoms with Crippen molar-refractivity contribution in [3.05, 3.63) is 65.8 Å². The Morgan fingerprint density at radius 2 is 1.63 bits per heavy atom. The van der Waals surface area contributed by atoms with Crippen molar-refractivity contribution in [2.75, 3.05) is 7.05 Å². The summed E-state index contributed by atoms with van der Waals surface area (Å²) in [7, 11) is 1.76. The molecule has 0 saturated carbocycles. The molecule has 0 saturated heterocycles. The Hall–Kier alpha value is -3.26. The monoisotopic (exact) mass is 523 g/mol. The highest BCUT2D eigenvalue weighted by Gasteiger charge is 2.38. The molecular formula is C30H45N5O3. The van der Waals surface area contributed by atoms with E-state index in [9.17, 15) is 14.4 Å². The minimum Gasteiger partial charge on any atom is -0.348 e. The van der Waals surface area contributed by atoms with Crippen LogP contribution < -0.4 is 16.0 Å². The van der Waals surface area contributed by atoms with E-state index in [0.29, 0.717) is 12.0 Å². The second-order valence-corrected chi connectivity index (χ2v) is 12.0. The van der Waals surface area contributed by atoms with Crippen LogP contribution in [0.25, 0.3) is 0 Å². The van der Waals surface area contributed by atoms with Crippen molar-refractivity contribution in [2.45, 2.75) is 85.4 Å². The lowest BCUT2D eigenvalue weighted by Gasteiger charge is -2.35. The number of carbonyl (C=O) groups excluding carboxylic acids is 3. The van der Waals surface area contributed by atoms with E-state index in [4.69, 9.17) is 0 Å². The number of nitrogens with zero attached hydrogens (tertiary/aromatic N) is 1. The first-order chi connectivity index (χ1) is 17.7. The number of nitrogens with one attached hydrogen (secondary N) is 4. The molecule has 8 nitrogen and oxygen atoms in total. The summed E-state index contributed by atoms with van der Waals surface area (Å²) in [5, 5.41) is 9.26. The highest BCUT2D eigenvalue weighted by molar-refractivity contribution is 6.05. The zero-order valence-corrected chi connectivity index (χ0v) is 24.3. The Morgan fingerprint density at radius 3 is 2.13 bits per heavy atom. The van der Waals surface area contributed by atoms with Gasteiger partial charge in [-0.05, 0) is 42.9 Å². The lowest BCUT2D eigenvalue weighted by atomic mass is 9.77. The summed E-state index contributed by atoms with van der Waals surface area (Å²) in [6, 6.07) is 8.15. The minimum absolute atomic E-state index is 0.0198. The van der Waals surface area contributed by atoms with Crippen molar-refractivity contribution >= 4 is 17.6 Å². The number of imidazole rings is 1. The van der Waals surface area contributed by atoms with Crippen LogP contribution in [0.1, 0.15) is 78.0 Å². The molecule has 8 heteroatoms. The first-order valence-electron chi connectivity index (χ1n) is 13.2. The molecule has 0 fully saturated rings. The second-order valence-electron chi connectivity index (χ2n) is 12.0. The maximum absolute atomic E-state index is 13.6. The third-order valence-electron chi connectivity index (χ3n) is 6.77. The Kier molecular flexibility index (Phi) is 10.6. The molecule has 3 atom stereocenters. The predicted molar refractivity (Wildman–Crippen MR) is 152 cm³/mol. The van der Waals surface area contributed by atoms with Crippen LogP contribution in [0, 0.1) is 11.3 Å². The van der Waals surface area contributed by atoms with E-state index < -0.39 is 23.5 Å². The van der Waals surface area contributed by atoms with Gasteiger partial charge >= 0.3 is 0 Å². The Bertz CT molecular complexity index is 1100. The molecule has 0 spiro atoms. The summed E-state index contributed by atoms with van der Waals surface area (Å²) >= 11 is 0. The number of Topliss-reactive ketones (excluding diaryl/α,β-unsaturated/α-hetero) is 1. The van der Waals surface area contributed by atoms with Crippen molar-refractivity contribution in [2.24, 2.45) is 11.3 Å². The maximum Gasteiger partial charge on any atom is 0.243 e. The Balaban J connectivity index is 2.27. The van der Waals surface area contributed by atoms with E-state index in [1.54, 1.807) is 26.2 Å². The number of ketones is 1. The SMILES string of the molecule is CN[C@H](C(=O)N[C@@H](CC(C)(C)C)C(=O)N[C@H](/C=C(\C)C(=O)c1ncc[nH]1)C(C)C)C(C)(C)c1ccccc1. The van der Waals surface area contributed by atoms with Gasteiger partial charge in [0.15, 0.2) is 5.82 Å². The van der Waals surface area contributed by atoms with Crippen molar-refractivity contribution in [1.82, 2.24) is 25.9 Å². The fraction of sp³-hybridized carbons (Fsp3) is 0.533. The standard InChI is InChI=1S/C30H45N5O3/c1-19(2)22(17-20(3)24(36)26-32-15-16-33-26)34-27(37)23(18-29(4,5)6)35-28(38)25(31-9)30(7,8)21-13-11-10-12-14-21/h10-17,19,22-23,25,31H,18H2,1-9H3,(H,32,33)(H,34,37)(H,35,38)/b20-17+/t22-,23+,25-/m1/s1. The van der Waals surface area contributed by atoms with Gasteiger partial charge in [0.25, 0.3) is 0 Å². The van der Waals surface area contributed by atoms with Gasteiger partial charge in [-0.15, -0.1) is 0 Å². The number of hydrogen-bond acceptors (Lipinski definition) is 5. The average molecular weight is 524 g/mol. The number of H-pyrrole nitrogens is 1. The number of aromatic amines is 1. The smallest absolute Gasteiger partial charge is 0.243 e. The Morgan fingerprint density at radius 1 is 1.00 bits per heavy atom. The summed E-state index contributed by atoms with van der Waals surface area (Å²) in [6.07, 6.45) is 5.34. The molecule has 0 radical (unpaired) electrons. The van der Waals surface area contributed by atoms with Crippen molar-refractivity contribution in [1.29, 1.82) is 0 Å². The summed E-state index contributed by atoms with van der Waals surface area (Å²) in [4.78, 5) is 46.7. The molecule has 208 valence electrons. The zero-order valence-electron chi connectivity index (χ0n) is 24.3. The average Bonchev–Trinajstić information content (AvgIpc) is 3.37. The quantitative estimate of drug-likeness (QED) is 0.246. The van der Waals surface area contributed by atoms with Crippen LogP contribution in [0.5, 0.6) is 0 Å². The maximum atomic E-state index is 13.6. The van der Waals surface area contributed by atoms with Crippen LogP contribution in [0.4, 0.5) is 0 Å². The van der Waals surface area contributed by atoms with E-state index in [1.165, 1.54) is 6.20 Å². The van der Waals surface area contributed by atoms with Gasteiger partial charge in [-0.2, -0.15) is 0 Å². The molecule has 1 aromatic heterocycles. The largest absolute Gasteiger partial charge is 0.348 e. The predicted octanol–water partition coefficient (Wildman–Crippen LogP) is 4.17. The van der Waals surface area contributed by atoms with Crippen LogP contribution in [0.3, 0.4) is 0 Å². The van der Waals surface area contributed by atoms with Gasteiger partial charge in [-0.25, -0.2) is 4.98 Å². The van der Waals surface area contributed by atoms with Crippen LogP contribution in [0.2, 0.25) is 0 Å². The summed E-state index contributed by atoms with van der Waals surface area (Å²) in [6.45, 7) is 15.8. The van der Waals surface area contributed by atoms with Gasteiger partial charge in [-0.1, -0.05) is 84.9 Å². The van der Waals surface area contributed by atoms with Gasteiger partial charge in [-0.3, -0.25) is 14.4 Å². The second kappa shape index (κ2) is 13.0. The van der Waals surface area contributed by atoms with Crippen LogP contribution >= 0.6 is 0 Å². The minimum atomic E-state index is -0.749. The van der Waals surface area contributed by atoms with Crippen LogP contribution in [0.15, 0.2) is 54.4 Å². The molecule has 0 aliphatic heterocycles. The molecule has 1 aromatic carbocycles. The van der Waals surface area contributed by atoms with E-state index in [2.05, 4.69) is 25.9 Å². The van der Waals surface area contributed by atoms with E-state index in [-0.39, 0.29) is 34.8 Å². The fourth-order valence-corrected chi connectivity index (χ4v) is 4.52. The van der Waals surface area contributed by atoms with E-state index in [1.807, 2.05) is 78.8 Å². The fourth-order valence-electron chi connectivity index (χ4n) is 4.52. The third-order valence-corrected chi connectivity index (χ3v) is 6.77. The number of rotatable bonds is 12. The topological polar surface area (TPSA) is 116 Å². The molecule has 0 bridgehead atoms. The number of allylic oxidation sites excluding steroid dienone is 1. The highest BCUT2D eigenvalue weighted by Crippen LogP contribution is 2.28. The summed E-state index contributed by atoms with van der Waals surface area (Å²) < 4.78 is 0. The molecule has 2 aromatic rings. The molecule has 0 aliphatic rings. The van der Waals surface area contributed by atoms with Crippen LogP contribution in [-0.2, 0) is 15.0 Å². The molecule has 0 aliphatic carbocycles. The van der Waals surface area contributed by atoms with Crippen molar-refractivity contribution in [3.63, 3.8) is 0 Å². The van der Waals surface area contributed by atoms with Crippen LogP contribution in [-0.4, -0.2) is 52.7 Å². The van der Waals surface area contributed by atoms with Gasteiger partial charge in [0.05, 0.1) is 12.1 Å². The molecule has 38 heavy (non-hydrogen) atoms. The normalized spacial score (nSPS) is 15.1. The number of benzene rings is 1. The van der Waals surface area contributed by atoms with E-state index in [0.717, 1.165) is 5.56 Å². The number of hydrogen-bond donors (Lipinski definition) is 4. The zero-order chi connectivity index (χ0) is 28.7. The van der Waals surface area contributed by atoms with Gasteiger partial charge in [0.1, 0.15) is 6.04 Å². The Labute approximate surface area is 227 Å². The van der Waals surface area contributed by atoms with Crippen molar-refractivity contribution in [3.8, 4) is 0 Å². The number of likely N-dealkylation sites (N-methyl/N-ethyl adjacent to an activating group) is 1. The number of carbonyl (C=O) groups is 3. The number of aromatic nitrogens is 2. The molecule has 4 N–H and O–H groups in total. The molecule has 0 unspecified atom stereocenters. The molecule has 2 rings (SSSR count). The lowest BCUT2D eigenvalue weighted by molar-refractivity contribution is -0.131. The first-order valence-corrected chi connectivity index (χ1v) is 13.2. The third kappa shape index (κ3) is 8.38. The molecular weight excluding hydrogens is 478 g/mol. The van der Waals surface area contributed by atoms with Gasteiger partial charge in [0, 0.05) is 17.8 Å². The van der Waals surface area contributed by atoms with Crippen molar-refractivity contribution < 1.29 is 14.4 Å². The first kappa shape index (κ1) is 31.0.